The number of likely N-dealkylation sites (tertiary alicyclic amines) is 1. The molecule has 1 aromatic heterocycles. The second-order valence-corrected chi connectivity index (χ2v) is 7.99. The van der Waals surface area contributed by atoms with Crippen molar-refractivity contribution in [3.8, 4) is 5.88 Å². The van der Waals surface area contributed by atoms with Gasteiger partial charge in [-0.15, -0.1) is 24.0 Å². The molecule has 1 amide bonds. The number of hydrogen-bond donors (Lipinski definition) is 2. The minimum absolute atomic E-state index is 0. The molecule has 0 radical (unpaired) electrons. The second-order valence-electron chi connectivity index (χ2n) is 7.99. The van der Waals surface area contributed by atoms with Crippen LogP contribution in [0.1, 0.15) is 57.4 Å². The summed E-state index contributed by atoms with van der Waals surface area (Å²) in [4.78, 5) is 23.4. The van der Waals surface area contributed by atoms with Crippen LogP contribution in [0.4, 0.5) is 0 Å². The van der Waals surface area contributed by atoms with Crippen molar-refractivity contribution >= 4 is 35.8 Å². The molecule has 1 unspecified atom stereocenters. The van der Waals surface area contributed by atoms with E-state index in [0.29, 0.717) is 24.9 Å². The molecule has 0 bridgehead atoms. The number of hydrogen-bond acceptors (Lipinski definition) is 4. The first-order valence-corrected chi connectivity index (χ1v) is 11.0. The maximum atomic E-state index is 12.6. The summed E-state index contributed by atoms with van der Waals surface area (Å²) in [7, 11) is 1.77. The Labute approximate surface area is 197 Å². The Balaban J connectivity index is 0.00000320. The zero-order valence-electron chi connectivity index (χ0n) is 18.2. The van der Waals surface area contributed by atoms with Crippen molar-refractivity contribution in [2.75, 3.05) is 26.7 Å². The smallest absolute Gasteiger partial charge is 0.225 e. The van der Waals surface area contributed by atoms with Gasteiger partial charge in [-0.3, -0.25) is 9.79 Å². The number of carbonyl (C=O) groups excluding carboxylic acids is 1. The second kappa shape index (κ2) is 13.0. The van der Waals surface area contributed by atoms with Crippen molar-refractivity contribution in [3.05, 3.63) is 23.9 Å². The fraction of sp³-hybridized carbons (Fsp3) is 0.682. The lowest BCUT2D eigenvalue weighted by Gasteiger charge is -2.21. The first-order chi connectivity index (χ1) is 14.2. The average Bonchev–Trinajstić information content (AvgIpc) is 3.44. The maximum absolute atomic E-state index is 12.6. The van der Waals surface area contributed by atoms with Gasteiger partial charge in [0.15, 0.2) is 5.96 Å². The number of rotatable bonds is 8. The highest BCUT2D eigenvalue weighted by atomic mass is 127. The van der Waals surface area contributed by atoms with E-state index in [-0.39, 0.29) is 35.9 Å². The zero-order chi connectivity index (χ0) is 20.5. The van der Waals surface area contributed by atoms with Crippen LogP contribution in [0, 0.1) is 5.92 Å². The fourth-order valence-corrected chi connectivity index (χ4v) is 4.08. The van der Waals surface area contributed by atoms with Gasteiger partial charge in [0.2, 0.25) is 11.8 Å². The molecule has 7 nitrogen and oxygen atoms in total. The molecule has 2 heterocycles. The Morgan fingerprint density at radius 3 is 2.87 bits per heavy atom. The topological polar surface area (TPSA) is 78.8 Å². The largest absolute Gasteiger partial charge is 0.477 e. The zero-order valence-corrected chi connectivity index (χ0v) is 20.6. The molecule has 1 aliphatic carbocycles. The molecule has 1 saturated heterocycles. The van der Waals surface area contributed by atoms with Crippen molar-refractivity contribution in [2.24, 2.45) is 10.9 Å². The molecular weight excluding hydrogens is 493 g/mol. The number of aliphatic imine (C=N–C) groups is 1. The lowest BCUT2D eigenvalue weighted by Crippen LogP contribution is -2.45. The third kappa shape index (κ3) is 6.99. The first-order valence-electron chi connectivity index (χ1n) is 11.0. The molecule has 168 valence electrons. The standard InChI is InChI=1S/C22H35N5O2.HI/c1-3-4-14-29-20-18(10-7-12-24-20)15-25-22(23-2)26-19-11-13-27(16-19)21(28)17-8-5-6-9-17;/h7,10,12,17,19H,3-6,8-9,11,13-16H2,1-2H3,(H2,23,25,26);1H. The average molecular weight is 529 g/mol. The molecule has 0 spiro atoms. The highest BCUT2D eigenvalue weighted by Crippen LogP contribution is 2.27. The van der Waals surface area contributed by atoms with Crippen LogP contribution in [0.25, 0.3) is 0 Å². The number of carbonyl (C=O) groups is 1. The predicted molar refractivity (Wildman–Crippen MR) is 130 cm³/mol. The number of nitrogens with one attached hydrogen (secondary N) is 2. The molecule has 2 aliphatic rings. The molecular formula is C22H36IN5O2. The van der Waals surface area contributed by atoms with E-state index in [2.05, 4.69) is 27.5 Å². The molecule has 3 rings (SSSR count). The van der Waals surface area contributed by atoms with Crippen molar-refractivity contribution < 1.29 is 9.53 Å². The van der Waals surface area contributed by atoms with Crippen molar-refractivity contribution in [1.29, 1.82) is 0 Å². The first kappa shape index (κ1) is 24.7. The van der Waals surface area contributed by atoms with Gasteiger partial charge in [0.25, 0.3) is 0 Å². The summed E-state index contributed by atoms with van der Waals surface area (Å²) in [5, 5.41) is 6.82. The third-order valence-corrected chi connectivity index (χ3v) is 5.80. The van der Waals surface area contributed by atoms with Crippen LogP contribution >= 0.6 is 24.0 Å². The highest BCUT2D eigenvalue weighted by molar-refractivity contribution is 14.0. The molecule has 1 atom stereocenters. The molecule has 1 aliphatic heterocycles. The lowest BCUT2D eigenvalue weighted by molar-refractivity contribution is -0.134. The molecule has 1 saturated carbocycles. The summed E-state index contributed by atoms with van der Waals surface area (Å²) >= 11 is 0. The van der Waals surface area contributed by atoms with E-state index in [1.165, 1.54) is 12.8 Å². The van der Waals surface area contributed by atoms with Crippen molar-refractivity contribution in [1.82, 2.24) is 20.5 Å². The Morgan fingerprint density at radius 2 is 2.13 bits per heavy atom. The van der Waals surface area contributed by atoms with E-state index in [1.54, 1.807) is 13.2 Å². The van der Waals surface area contributed by atoms with Gasteiger partial charge in [-0.1, -0.05) is 32.3 Å². The predicted octanol–water partition coefficient (Wildman–Crippen LogP) is 3.33. The summed E-state index contributed by atoms with van der Waals surface area (Å²) in [5.74, 6) is 2.02. The van der Waals surface area contributed by atoms with E-state index >= 15 is 0 Å². The molecule has 2 fully saturated rings. The van der Waals surface area contributed by atoms with E-state index in [9.17, 15) is 4.79 Å². The van der Waals surface area contributed by atoms with Gasteiger partial charge in [0.05, 0.1) is 6.61 Å². The minimum atomic E-state index is 0. The van der Waals surface area contributed by atoms with Crippen molar-refractivity contribution in [3.63, 3.8) is 0 Å². The van der Waals surface area contributed by atoms with Crippen LogP contribution in [-0.2, 0) is 11.3 Å². The van der Waals surface area contributed by atoms with Gasteiger partial charge in [0, 0.05) is 50.4 Å². The summed E-state index contributed by atoms with van der Waals surface area (Å²) in [6.45, 7) is 5.01. The third-order valence-electron chi connectivity index (χ3n) is 5.80. The van der Waals surface area contributed by atoms with Crippen LogP contribution in [0.3, 0.4) is 0 Å². The Bertz CT molecular complexity index is 694. The number of unbranched alkanes of at least 4 members (excludes halogenated alkanes) is 1. The lowest BCUT2D eigenvalue weighted by atomic mass is 10.1. The van der Waals surface area contributed by atoms with Gasteiger partial charge < -0.3 is 20.3 Å². The Morgan fingerprint density at radius 1 is 1.33 bits per heavy atom. The monoisotopic (exact) mass is 529 g/mol. The van der Waals surface area contributed by atoms with Gasteiger partial charge >= 0.3 is 0 Å². The summed E-state index contributed by atoms with van der Waals surface area (Å²) in [6.07, 6.45) is 9.34. The number of guanidine groups is 1. The van der Waals surface area contributed by atoms with Gasteiger partial charge in [0.1, 0.15) is 0 Å². The number of ether oxygens (including phenoxy) is 1. The summed E-state index contributed by atoms with van der Waals surface area (Å²) in [6, 6.07) is 4.18. The normalized spacial score (nSPS) is 19.5. The summed E-state index contributed by atoms with van der Waals surface area (Å²) < 4.78 is 5.81. The maximum Gasteiger partial charge on any atom is 0.225 e. The van der Waals surface area contributed by atoms with Crippen LogP contribution < -0.4 is 15.4 Å². The van der Waals surface area contributed by atoms with Gasteiger partial charge in [-0.05, 0) is 31.7 Å². The number of halogens is 1. The van der Waals surface area contributed by atoms with E-state index in [0.717, 1.165) is 56.7 Å². The Kier molecular flexibility index (Phi) is 10.7. The Hall–Kier alpha value is -1.58. The van der Waals surface area contributed by atoms with E-state index in [4.69, 9.17) is 4.74 Å². The molecule has 2 N–H and O–H groups in total. The number of pyridine rings is 1. The van der Waals surface area contributed by atoms with Crippen molar-refractivity contribution in [2.45, 2.75) is 64.5 Å². The summed E-state index contributed by atoms with van der Waals surface area (Å²) in [5.41, 5.74) is 1.01. The molecule has 30 heavy (non-hydrogen) atoms. The highest BCUT2D eigenvalue weighted by Gasteiger charge is 2.32. The van der Waals surface area contributed by atoms with Crippen LogP contribution in [0.5, 0.6) is 5.88 Å². The van der Waals surface area contributed by atoms with E-state index in [1.807, 2.05) is 17.0 Å². The number of amides is 1. The van der Waals surface area contributed by atoms with Crippen LogP contribution in [-0.4, -0.2) is 54.5 Å². The van der Waals surface area contributed by atoms with Crippen LogP contribution in [0.15, 0.2) is 23.3 Å². The molecule has 0 aromatic carbocycles. The molecule has 1 aromatic rings. The molecule has 8 heteroatoms. The minimum Gasteiger partial charge on any atom is -0.477 e. The van der Waals surface area contributed by atoms with Gasteiger partial charge in [-0.25, -0.2) is 4.98 Å². The number of aromatic nitrogens is 1. The van der Waals surface area contributed by atoms with E-state index < -0.39 is 0 Å². The quantitative estimate of drug-likeness (QED) is 0.234. The SMILES string of the molecule is CCCCOc1ncccc1CNC(=NC)NC1CCN(C(=O)C2CCCC2)C1.I. The fourth-order valence-electron chi connectivity index (χ4n) is 4.08. The van der Waals surface area contributed by atoms with Gasteiger partial charge in [-0.2, -0.15) is 0 Å². The number of nitrogens with zero attached hydrogens (tertiary/aromatic N) is 3. The van der Waals surface area contributed by atoms with Crippen LogP contribution in [0.2, 0.25) is 0 Å².